The molecule has 0 bridgehead atoms. The highest BCUT2D eigenvalue weighted by Gasteiger charge is 2.03. The van der Waals surface area contributed by atoms with E-state index in [1.165, 1.54) is 20.2 Å². The third-order valence-electron chi connectivity index (χ3n) is 2.34. The van der Waals surface area contributed by atoms with E-state index in [1.807, 2.05) is 23.5 Å². The summed E-state index contributed by atoms with van der Waals surface area (Å²) in [5.74, 6) is 0. The maximum Gasteiger partial charge on any atom is 0.0413 e. The number of halogens is 1. The first-order valence-electron chi connectivity index (χ1n) is 4.41. The minimum absolute atomic E-state index is 0.807. The van der Waals surface area contributed by atoms with Crippen LogP contribution in [0.4, 0.5) is 0 Å². The van der Waals surface area contributed by atoms with Gasteiger partial charge in [-0.1, -0.05) is 29.8 Å². The minimum Gasteiger partial charge on any atom is -0.135 e. The van der Waals surface area contributed by atoms with Gasteiger partial charge in [0.15, 0.2) is 0 Å². The number of thiophene rings is 1. The van der Waals surface area contributed by atoms with Crippen LogP contribution in [0.3, 0.4) is 0 Å². The molecular formula is C12H7ClS. The van der Waals surface area contributed by atoms with Gasteiger partial charge in [-0.15, -0.1) is 11.3 Å². The molecule has 0 unspecified atom stereocenters. The zero-order valence-electron chi connectivity index (χ0n) is 7.33. The molecule has 3 aromatic rings. The van der Waals surface area contributed by atoms with Gasteiger partial charge in [0.1, 0.15) is 0 Å². The maximum atomic E-state index is 5.98. The summed E-state index contributed by atoms with van der Waals surface area (Å²) in [5, 5.41) is 3.37. The Morgan fingerprint density at radius 1 is 0.857 bits per heavy atom. The van der Waals surface area contributed by atoms with E-state index in [9.17, 15) is 0 Å². The first-order valence-corrected chi connectivity index (χ1v) is 5.61. The van der Waals surface area contributed by atoms with E-state index in [1.54, 1.807) is 0 Å². The molecule has 0 aliphatic rings. The molecule has 0 amide bonds. The highest BCUT2D eigenvalue weighted by molar-refractivity contribution is 7.25. The summed E-state index contributed by atoms with van der Waals surface area (Å²) >= 11 is 7.79. The van der Waals surface area contributed by atoms with E-state index in [-0.39, 0.29) is 0 Å². The lowest BCUT2D eigenvalue weighted by Crippen LogP contribution is -1.65. The van der Waals surface area contributed by atoms with Gasteiger partial charge in [-0.2, -0.15) is 0 Å². The van der Waals surface area contributed by atoms with Gasteiger partial charge in [0.05, 0.1) is 0 Å². The van der Waals surface area contributed by atoms with E-state index in [0.29, 0.717) is 0 Å². The van der Waals surface area contributed by atoms with Crippen molar-refractivity contribution in [1.29, 1.82) is 0 Å². The van der Waals surface area contributed by atoms with Gasteiger partial charge >= 0.3 is 0 Å². The molecule has 0 atom stereocenters. The fourth-order valence-electron chi connectivity index (χ4n) is 1.70. The Kier molecular flexibility index (Phi) is 1.76. The molecule has 0 nitrogen and oxygen atoms in total. The zero-order valence-corrected chi connectivity index (χ0v) is 8.90. The molecule has 0 saturated heterocycles. The van der Waals surface area contributed by atoms with Crippen molar-refractivity contribution in [2.45, 2.75) is 0 Å². The summed E-state index contributed by atoms with van der Waals surface area (Å²) in [4.78, 5) is 0. The van der Waals surface area contributed by atoms with Crippen molar-refractivity contribution in [1.82, 2.24) is 0 Å². The number of fused-ring (bicyclic) bond motifs is 3. The largest absolute Gasteiger partial charge is 0.135 e. The molecule has 0 radical (unpaired) electrons. The standard InChI is InChI=1S/C12H7ClS/c13-8-5-6-12-10(7-8)9-3-1-2-4-11(9)14-12/h1-7H. The van der Waals surface area contributed by atoms with Crippen molar-refractivity contribution in [2.24, 2.45) is 0 Å². The van der Waals surface area contributed by atoms with Crippen LogP contribution in [-0.4, -0.2) is 0 Å². The molecule has 2 heteroatoms. The van der Waals surface area contributed by atoms with Crippen LogP contribution in [0.15, 0.2) is 42.5 Å². The van der Waals surface area contributed by atoms with Gasteiger partial charge in [-0.25, -0.2) is 0 Å². The Morgan fingerprint density at radius 2 is 1.64 bits per heavy atom. The van der Waals surface area contributed by atoms with Crippen LogP contribution in [-0.2, 0) is 0 Å². The molecule has 0 aliphatic heterocycles. The molecule has 0 spiro atoms. The van der Waals surface area contributed by atoms with Crippen LogP contribution in [0, 0.1) is 0 Å². The molecule has 1 heterocycles. The number of benzene rings is 2. The first kappa shape index (κ1) is 8.27. The Balaban J connectivity index is 2.58. The second-order valence-electron chi connectivity index (χ2n) is 3.24. The topological polar surface area (TPSA) is 0 Å². The molecule has 0 saturated carbocycles. The predicted octanol–water partition coefficient (Wildman–Crippen LogP) is 4.71. The summed E-state index contributed by atoms with van der Waals surface area (Å²) in [6.45, 7) is 0. The van der Waals surface area contributed by atoms with Crippen LogP contribution in [0.5, 0.6) is 0 Å². The number of hydrogen-bond donors (Lipinski definition) is 0. The van der Waals surface area contributed by atoms with Crippen molar-refractivity contribution in [3.8, 4) is 0 Å². The summed E-state index contributed by atoms with van der Waals surface area (Å²) in [6.07, 6.45) is 0. The summed E-state index contributed by atoms with van der Waals surface area (Å²) in [5.41, 5.74) is 0. The Hall–Kier alpha value is -1.05. The van der Waals surface area contributed by atoms with E-state index in [4.69, 9.17) is 11.6 Å². The second kappa shape index (κ2) is 2.97. The highest BCUT2D eigenvalue weighted by atomic mass is 35.5. The van der Waals surface area contributed by atoms with Crippen LogP contribution in [0.2, 0.25) is 5.02 Å². The average molecular weight is 219 g/mol. The molecule has 0 aliphatic carbocycles. The molecule has 0 fully saturated rings. The molecule has 14 heavy (non-hydrogen) atoms. The lowest BCUT2D eigenvalue weighted by Gasteiger charge is -1.91. The fourth-order valence-corrected chi connectivity index (χ4v) is 2.96. The summed E-state index contributed by atoms with van der Waals surface area (Å²) in [6, 6.07) is 14.5. The summed E-state index contributed by atoms with van der Waals surface area (Å²) in [7, 11) is 0. The monoisotopic (exact) mass is 218 g/mol. The Labute approximate surface area is 90.7 Å². The molecule has 68 valence electrons. The van der Waals surface area contributed by atoms with Crippen LogP contribution < -0.4 is 0 Å². The fraction of sp³-hybridized carbons (Fsp3) is 0. The van der Waals surface area contributed by atoms with Gasteiger partial charge in [0.2, 0.25) is 0 Å². The normalized spacial score (nSPS) is 11.2. The summed E-state index contributed by atoms with van der Waals surface area (Å²) < 4.78 is 2.63. The van der Waals surface area contributed by atoms with Crippen molar-refractivity contribution in [2.75, 3.05) is 0 Å². The van der Waals surface area contributed by atoms with Gasteiger partial charge in [-0.3, -0.25) is 0 Å². The smallest absolute Gasteiger partial charge is 0.0413 e. The molecular weight excluding hydrogens is 212 g/mol. The quantitative estimate of drug-likeness (QED) is 0.513. The number of rotatable bonds is 0. The SMILES string of the molecule is Clc1ccc2sc3ccccc3c2c1. The van der Waals surface area contributed by atoms with E-state index in [0.717, 1.165) is 5.02 Å². The lowest BCUT2D eigenvalue weighted by atomic mass is 10.2. The van der Waals surface area contributed by atoms with E-state index in [2.05, 4.69) is 30.3 Å². The third kappa shape index (κ3) is 1.13. The number of hydrogen-bond acceptors (Lipinski definition) is 1. The van der Waals surface area contributed by atoms with Crippen molar-refractivity contribution >= 4 is 43.1 Å². The maximum absolute atomic E-state index is 5.98. The van der Waals surface area contributed by atoms with Crippen molar-refractivity contribution in [3.63, 3.8) is 0 Å². The third-order valence-corrected chi connectivity index (χ3v) is 3.73. The van der Waals surface area contributed by atoms with E-state index < -0.39 is 0 Å². The van der Waals surface area contributed by atoms with Crippen molar-refractivity contribution in [3.05, 3.63) is 47.5 Å². The second-order valence-corrected chi connectivity index (χ2v) is 4.76. The van der Waals surface area contributed by atoms with Gasteiger partial charge in [-0.05, 0) is 24.3 Å². The zero-order chi connectivity index (χ0) is 9.54. The molecule has 1 aromatic heterocycles. The Bertz CT molecular complexity index is 610. The lowest BCUT2D eigenvalue weighted by molar-refractivity contribution is 1.84. The molecule has 2 aromatic carbocycles. The minimum atomic E-state index is 0.807. The van der Waals surface area contributed by atoms with Crippen LogP contribution in [0.1, 0.15) is 0 Å². The average Bonchev–Trinajstić information content (AvgIpc) is 2.56. The van der Waals surface area contributed by atoms with Gasteiger partial charge < -0.3 is 0 Å². The van der Waals surface area contributed by atoms with Gasteiger partial charge in [0.25, 0.3) is 0 Å². The van der Waals surface area contributed by atoms with Crippen LogP contribution >= 0.6 is 22.9 Å². The highest BCUT2D eigenvalue weighted by Crippen LogP contribution is 2.34. The van der Waals surface area contributed by atoms with Crippen molar-refractivity contribution < 1.29 is 0 Å². The van der Waals surface area contributed by atoms with Gasteiger partial charge in [0, 0.05) is 25.2 Å². The predicted molar refractivity (Wildman–Crippen MR) is 64.3 cm³/mol. The first-order chi connectivity index (χ1) is 6.84. The Morgan fingerprint density at radius 3 is 2.57 bits per heavy atom. The molecule has 3 rings (SSSR count). The van der Waals surface area contributed by atoms with Crippen LogP contribution in [0.25, 0.3) is 20.2 Å². The molecule has 0 N–H and O–H groups in total. The van der Waals surface area contributed by atoms with E-state index >= 15 is 0 Å².